The van der Waals surface area contributed by atoms with Crippen LogP contribution in [0.2, 0.25) is 5.02 Å². The van der Waals surface area contributed by atoms with E-state index in [4.69, 9.17) is 11.6 Å². The van der Waals surface area contributed by atoms with Gasteiger partial charge < -0.3 is 4.90 Å². The van der Waals surface area contributed by atoms with Crippen molar-refractivity contribution in [3.63, 3.8) is 0 Å². The lowest BCUT2D eigenvalue weighted by molar-refractivity contribution is 0.326. The second-order valence-corrected chi connectivity index (χ2v) is 8.41. The molecule has 0 radical (unpaired) electrons. The Hall–Kier alpha value is -1.47. The molecule has 0 fully saturated rings. The quantitative estimate of drug-likeness (QED) is 0.733. The zero-order valence-electron chi connectivity index (χ0n) is 14.5. The Bertz CT molecular complexity index is 841. The molecule has 4 nitrogen and oxygen atoms in total. The van der Waals surface area contributed by atoms with Crippen LogP contribution in [0.5, 0.6) is 0 Å². The minimum absolute atomic E-state index is 0.0329. The molecule has 7 heteroatoms. The number of benzene rings is 2. The van der Waals surface area contributed by atoms with Gasteiger partial charge in [-0.15, -0.1) is 0 Å². The molecule has 0 unspecified atom stereocenters. The van der Waals surface area contributed by atoms with Crippen LogP contribution in [0.4, 0.5) is 4.39 Å². The molecular formula is C18H22ClFN2O2S. The molecule has 0 heterocycles. The summed E-state index contributed by atoms with van der Waals surface area (Å²) < 4.78 is 41.6. The van der Waals surface area contributed by atoms with E-state index in [0.717, 1.165) is 0 Å². The molecule has 0 aliphatic rings. The molecule has 0 amide bonds. The fraction of sp³-hybridized carbons (Fsp3) is 0.333. The first kappa shape index (κ1) is 19.8. The summed E-state index contributed by atoms with van der Waals surface area (Å²) in [5.41, 5.74) is 0.831. The summed E-state index contributed by atoms with van der Waals surface area (Å²) in [5.74, 6) is -0.421. The normalized spacial score (nSPS) is 12.1. The topological polar surface area (TPSA) is 40.6 Å². The van der Waals surface area contributed by atoms with Crippen molar-refractivity contribution in [2.75, 3.05) is 27.2 Å². The van der Waals surface area contributed by atoms with Crippen LogP contribution in [-0.2, 0) is 16.6 Å². The highest BCUT2D eigenvalue weighted by molar-refractivity contribution is 7.89. The molecular weight excluding hydrogens is 363 g/mol. The highest BCUT2D eigenvalue weighted by Crippen LogP contribution is 2.26. The predicted octanol–water partition coefficient (Wildman–Crippen LogP) is 3.54. The molecule has 0 spiro atoms. The fourth-order valence-corrected chi connectivity index (χ4v) is 4.31. The molecule has 0 aromatic heterocycles. The van der Waals surface area contributed by atoms with E-state index < -0.39 is 15.8 Å². The number of rotatable bonds is 7. The van der Waals surface area contributed by atoms with Crippen molar-refractivity contribution in [2.45, 2.75) is 18.4 Å². The molecule has 25 heavy (non-hydrogen) atoms. The lowest BCUT2D eigenvalue weighted by Gasteiger charge is -2.25. The Morgan fingerprint density at radius 2 is 1.72 bits per heavy atom. The summed E-state index contributed by atoms with van der Waals surface area (Å²) >= 11 is 6.09. The van der Waals surface area contributed by atoms with Crippen LogP contribution in [0.3, 0.4) is 0 Å². The SMILES string of the molecule is Cc1c(Cl)cccc1S(=O)(=O)N(CCN(C)C)Cc1ccccc1F. The van der Waals surface area contributed by atoms with Gasteiger partial charge in [0, 0.05) is 30.2 Å². The number of nitrogens with zero attached hydrogens (tertiary/aromatic N) is 2. The van der Waals surface area contributed by atoms with Gasteiger partial charge in [0.15, 0.2) is 0 Å². The Labute approximate surface area is 153 Å². The van der Waals surface area contributed by atoms with Crippen molar-refractivity contribution >= 4 is 21.6 Å². The van der Waals surface area contributed by atoms with E-state index >= 15 is 0 Å². The van der Waals surface area contributed by atoms with Crippen LogP contribution >= 0.6 is 11.6 Å². The number of halogens is 2. The number of hydrogen-bond acceptors (Lipinski definition) is 3. The van der Waals surface area contributed by atoms with Crippen LogP contribution in [0.25, 0.3) is 0 Å². The van der Waals surface area contributed by atoms with Crippen LogP contribution < -0.4 is 0 Å². The smallest absolute Gasteiger partial charge is 0.243 e. The average molecular weight is 385 g/mol. The number of likely N-dealkylation sites (N-methyl/N-ethyl adjacent to an activating group) is 1. The van der Waals surface area contributed by atoms with E-state index in [1.165, 1.54) is 16.4 Å². The molecule has 0 aliphatic heterocycles. The summed E-state index contributed by atoms with van der Waals surface area (Å²) in [6.07, 6.45) is 0. The van der Waals surface area contributed by atoms with Crippen LogP contribution in [0.1, 0.15) is 11.1 Å². The van der Waals surface area contributed by atoms with Crippen LogP contribution in [0.15, 0.2) is 47.4 Å². The second-order valence-electron chi connectivity index (χ2n) is 6.10. The van der Waals surface area contributed by atoms with E-state index in [1.54, 1.807) is 37.3 Å². The third kappa shape index (κ3) is 4.79. The minimum atomic E-state index is -3.81. The monoisotopic (exact) mass is 384 g/mol. The van der Waals surface area contributed by atoms with Gasteiger partial charge in [0.25, 0.3) is 0 Å². The van der Waals surface area contributed by atoms with Gasteiger partial charge in [-0.2, -0.15) is 4.31 Å². The van der Waals surface area contributed by atoms with Crippen molar-refractivity contribution < 1.29 is 12.8 Å². The van der Waals surface area contributed by atoms with Crippen LogP contribution in [-0.4, -0.2) is 44.8 Å². The van der Waals surface area contributed by atoms with Crippen molar-refractivity contribution in [3.8, 4) is 0 Å². The summed E-state index contributed by atoms with van der Waals surface area (Å²) in [4.78, 5) is 2.03. The Morgan fingerprint density at radius 1 is 1.04 bits per heavy atom. The molecule has 2 aromatic carbocycles. The van der Waals surface area contributed by atoms with E-state index in [9.17, 15) is 12.8 Å². The van der Waals surface area contributed by atoms with Gasteiger partial charge in [-0.25, -0.2) is 12.8 Å². The van der Waals surface area contributed by atoms with Gasteiger partial charge in [0.2, 0.25) is 10.0 Å². The molecule has 0 aliphatic carbocycles. The summed E-state index contributed by atoms with van der Waals surface area (Å²) in [7, 11) is -0.0900. The maximum absolute atomic E-state index is 14.0. The third-order valence-electron chi connectivity index (χ3n) is 3.94. The van der Waals surface area contributed by atoms with Gasteiger partial charge in [-0.3, -0.25) is 0 Å². The largest absolute Gasteiger partial charge is 0.308 e. The van der Waals surface area contributed by atoms with Crippen LogP contribution in [0, 0.1) is 12.7 Å². The molecule has 136 valence electrons. The standard InChI is InChI=1S/C18H22ClFN2O2S/c1-14-16(19)8-6-10-18(14)25(23,24)22(12-11-21(2)3)13-15-7-4-5-9-17(15)20/h4-10H,11-13H2,1-3H3. The summed E-state index contributed by atoms with van der Waals surface area (Å²) in [6, 6.07) is 11.0. The maximum Gasteiger partial charge on any atom is 0.243 e. The Kier molecular flexibility index (Phi) is 6.57. The molecule has 2 aromatic rings. The van der Waals surface area contributed by atoms with Gasteiger partial charge in [0.05, 0.1) is 4.90 Å². The van der Waals surface area contributed by atoms with Gasteiger partial charge in [0.1, 0.15) is 5.82 Å². The van der Waals surface area contributed by atoms with E-state index in [-0.39, 0.29) is 18.0 Å². The summed E-state index contributed by atoms with van der Waals surface area (Å²) in [6.45, 7) is 2.40. The molecule has 0 saturated carbocycles. The van der Waals surface area contributed by atoms with Gasteiger partial charge in [-0.05, 0) is 44.8 Å². The lowest BCUT2D eigenvalue weighted by atomic mass is 10.2. The molecule has 2 rings (SSSR count). The van der Waals surface area contributed by atoms with Gasteiger partial charge >= 0.3 is 0 Å². The highest BCUT2D eigenvalue weighted by atomic mass is 35.5. The summed E-state index contributed by atoms with van der Waals surface area (Å²) in [5, 5.41) is 0.388. The molecule has 0 atom stereocenters. The average Bonchev–Trinajstić information content (AvgIpc) is 2.55. The number of sulfonamides is 1. The maximum atomic E-state index is 14.0. The number of hydrogen-bond donors (Lipinski definition) is 0. The van der Waals surface area contributed by atoms with E-state index in [1.807, 2.05) is 19.0 Å². The second kappa shape index (κ2) is 8.27. The highest BCUT2D eigenvalue weighted by Gasteiger charge is 2.27. The zero-order valence-corrected chi connectivity index (χ0v) is 16.1. The zero-order chi connectivity index (χ0) is 18.6. The minimum Gasteiger partial charge on any atom is -0.308 e. The van der Waals surface area contributed by atoms with Crippen molar-refractivity contribution in [1.82, 2.24) is 9.21 Å². The Balaban J connectivity index is 2.43. The first-order valence-electron chi connectivity index (χ1n) is 7.87. The first-order valence-corrected chi connectivity index (χ1v) is 9.68. The van der Waals surface area contributed by atoms with Crippen molar-refractivity contribution in [3.05, 3.63) is 64.4 Å². The van der Waals surface area contributed by atoms with Crippen molar-refractivity contribution in [2.24, 2.45) is 0 Å². The van der Waals surface area contributed by atoms with Gasteiger partial charge in [-0.1, -0.05) is 35.9 Å². The molecule has 0 N–H and O–H groups in total. The fourth-order valence-electron chi connectivity index (χ4n) is 2.42. The lowest BCUT2D eigenvalue weighted by Crippen LogP contribution is -2.36. The first-order chi connectivity index (χ1) is 11.7. The van der Waals surface area contributed by atoms with E-state index in [2.05, 4.69) is 0 Å². The van der Waals surface area contributed by atoms with Crippen molar-refractivity contribution in [1.29, 1.82) is 0 Å². The third-order valence-corrected chi connectivity index (χ3v) is 6.34. The Morgan fingerprint density at radius 3 is 2.36 bits per heavy atom. The molecule has 0 saturated heterocycles. The predicted molar refractivity (Wildman–Crippen MR) is 98.7 cm³/mol. The molecule has 0 bridgehead atoms. The van der Waals surface area contributed by atoms with E-state index in [0.29, 0.717) is 22.7 Å².